The van der Waals surface area contributed by atoms with Crippen molar-refractivity contribution in [1.82, 2.24) is 0 Å². The molecule has 0 bridgehead atoms. The van der Waals surface area contributed by atoms with Crippen molar-refractivity contribution >= 4 is 17.3 Å². The normalized spacial score (nSPS) is 11.0. The fraction of sp³-hybridized carbons (Fsp3) is 0.658. The maximum Gasteiger partial charge on any atom is 0.338 e. The Kier molecular flexibility index (Phi) is 20.5. The maximum absolute atomic E-state index is 12.8. The van der Waals surface area contributed by atoms with Crippen LogP contribution >= 0.6 is 0 Å². The maximum atomic E-state index is 12.8. The van der Waals surface area contributed by atoms with Gasteiger partial charge in [0.25, 0.3) is 0 Å². The van der Waals surface area contributed by atoms with Crippen LogP contribution in [-0.2, 0) is 11.3 Å². The molecule has 0 aliphatic heterocycles. The summed E-state index contributed by atoms with van der Waals surface area (Å²) in [6.07, 6.45) is 21.4. The number of hydrogen-bond donors (Lipinski definition) is 2. The molecule has 4 N–H and O–H groups in total. The monoisotopic (exact) mass is 626 g/mol. The van der Waals surface area contributed by atoms with Crippen molar-refractivity contribution in [3.05, 3.63) is 41.5 Å². The first kappa shape index (κ1) is 38.1. The molecule has 2 aromatic rings. The summed E-state index contributed by atoms with van der Waals surface area (Å²) in [7, 11) is 0. The third kappa shape index (κ3) is 16.7. The van der Waals surface area contributed by atoms with E-state index in [1.165, 1.54) is 77.0 Å². The van der Waals surface area contributed by atoms with E-state index >= 15 is 0 Å². The number of benzene rings is 2. The summed E-state index contributed by atoms with van der Waals surface area (Å²) in [6.45, 7) is 8.57. The molecule has 7 heteroatoms. The van der Waals surface area contributed by atoms with Gasteiger partial charge in [0.05, 0.1) is 25.4 Å². The summed E-state index contributed by atoms with van der Waals surface area (Å²) in [4.78, 5) is 12.8. The smallest absolute Gasteiger partial charge is 0.338 e. The van der Waals surface area contributed by atoms with Crippen molar-refractivity contribution in [1.29, 1.82) is 0 Å². The molecule has 0 atom stereocenters. The first-order valence-corrected chi connectivity index (χ1v) is 17.9. The minimum atomic E-state index is -0.485. The lowest BCUT2D eigenvalue weighted by molar-refractivity contribution is 0.0472. The second-order valence-electron chi connectivity index (χ2n) is 12.2. The van der Waals surface area contributed by atoms with E-state index in [4.69, 9.17) is 30.4 Å². The van der Waals surface area contributed by atoms with Gasteiger partial charge in [0.15, 0.2) is 11.5 Å². The third-order valence-corrected chi connectivity index (χ3v) is 7.92. The van der Waals surface area contributed by atoms with E-state index in [-0.39, 0.29) is 6.61 Å². The lowest BCUT2D eigenvalue weighted by atomic mass is 10.1. The molecule has 0 aliphatic rings. The van der Waals surface area contributed by atoms with Crippen molar-refractivity contribution in [3.63, 3.8) is 0 Å². The van der Waals surface area contributed by atoms with Gasteiger partial charge in [0, 0.05) is 11.4 Å². The zero-order chi connectivity index (χ0) is 32.5. The molecule has 0 fully saturated rings. The summed E-state index contributed by atoms with van der Waals surface area (Å²) in [5, 5.41) is 0. The summed E-state index contributed by atoms with van der Waals surface area (Å²) < 4.78 is 24.8. The van der Waals surface area contributed by atoms with Gasteiger partial charge >= 0.3 is 5.97 Å². The number of rotatable bonds is 27. The van der Waals surface area contributed by atoms with Crippen LogP contribution in [0.15, 0.2) is 30.3 Å². The standard InChI is InChI=1S/C38H62N2O5/c1-4-7-10-13-16-19-22-42-35-25-31(30-45-38(41)32-27-33(39)29-34(40)28-32)26-36(43-23-20-17-14-11-8-5-2)37(35)44-24-21-18-15-12-9-6-3/h25-29H,4-24,30,39-40H2,1-3H3. The van der Waals surface area contributed by atoms with Crippen molar-refractivity contribution in [2.75, 3.05) is 31.3 Å². The number of anilines is 2. The van der Waals surface area contributed by atoms with E-state index in [2.05, 4.69) is 20.8 Å². The number of ether oxygens (including phenoxy) is 4. The zero-order valence-electron chi connectivity index (χ0n) is 28.6. The van der Waals surface area contributed by atoms with Crippen molar-refractivity contribution < 1.29 is 23.7 Å². The number of unbranched alkanes of at least 4 members (excludes halogenated alkanes) is 15. The predicted octanol–water partition coefficient (Wildman–Crippen LogP) is 10.4. The minimum absolute atomic E-state index is 0.0615. The Morgan fingerprint density at radius 2 is 0.933 bits per heavy atom. The Bertz CT molecular complexity index is 1010. The average Bonchev–Trinajstić information content (AvgIpc) is 3.02. The topological polar surface area (TPSA) is 106 Å². The first-order chi connectivity index (χ1) is 22.0. The van der Waals surface area contributed by atoms with Crippen LogP contribution in [0.1, 0.15) is 152 Å². The molecular formula is C38H62N2O5. The average molecular weight is 627 g/mol. The van der Waals surface area contributed by atoms with Gasteiger partial charge in [-0.3, -0.25) is 0 Å². The lowest BCUT2D eigenvalue weighted by Crippen LogP contribution is -2.09. The Labute approximate surface area is 273 Å². The first-order valence-electron chi connectivity index (χ1n) is 17.9. The number of nitrogens with two attached hydrogens (primary N) is 2. The molecule has 0 saturated heterocycles. The molecule has 2 rings (SSSR count). The Balaban J connectivity index is 2.18. The lowest BCUT2D eigenvalue weighted by Gasteiger charge is -2.19. The second kappa shape index (κ2) is 24.2. The zero-order valence-corrected chi connectivity index (χ0v) is 28.6. The fourth-order valence-electron chi connectivity index (χ4n) is 5.28. The van der Waals surface area contributed by atoms with Gasteiger partial charge in [-0.15, -0.1) is 0 Å². The van der Waals surface area contributed by atoms with Gasteiger partial charge in [-0.1, -0.05) is 117 Å². The molecule has 0 amide bonds. The Hall–Kier alpha value is -3.09. The van der Waals surface area contributed by atoms with E-state index in [9.17, 15) is 4.79 Å². The highest BCUT2D eigenvalue weighted by Crippen LogP contribution is 2.40. The summed E-state index contributed by atoms with van der Waals surface area (Å²) in [6, 6.07) is 8.60. The number of esters is 1. The quantitative estimate of drug-likeness (QED) is 0.0577. The summed E-state index contributed by atoms with van der Waals surface area (Å²) in [5.74, 6) is 1.46. The predicted molar refractivity (Wildman–Crippen MR) is 187 cm³/mol. The number of hydrogen-bond acceptors (Lipinski definition) is 7. The fourth-order valence-corrected chi connectivity index (χ4v) is 5.28. The van der Waals surface area contributed by atoms with Crippen LogP contribution in [0.4, 0.5) is 11.4 Å². The van der Waals surface area contributed by atoms with Crippen LogP contribution in [0.5, 0.6) is 17.2 Å². The van der Waals surface area contributed by atoms with Crippen LogP contribution in [-0.4, -0.2) is 25.8 Å². The van der Waals surface area contributed by atoms with Crippen LogP contribution in [0.2, 0.25) is 0 Å². The van der Waals surface area contributed by atoms with Crippen molar-refractivity contribution in [3.8, 4) is 17.2 Å². The van der Waals surface area contributed by atoms with E-state index < -0.39 is 5.97 Å². The molecule has 0 radical (unpaired) electrons. The Morgan fingerprint density at radius 1 is 0.533 bits per heavy atom. The number of carbonyl (C=O) groups is 1. The molecule has 45 heavy (non-hydrogen) atoms. The molecule has 7 nitrogen and oxygen atoms in total. The van der Waals surface area contributed by atoms with Crippen molar-refractivity contribution in [2.24, 2.45) is 0 Å². The van der Waals surface area contributed by atoms with Crippen molar-refractivity contribution in [2.45, 2.75) is 143 Å². The summed E-state index contributed by atoms with van der Waals surface area (Å²) >= 11 is 0. The number of nitrogen functional groups attached to an aromatic ring is 2. The van der Waals surface area contributed by atoms with Crippen LogP contribution in [0.3, 0.4) is 0 Å². The third-order valence-electron chi connectivity index (χ3n) is 7.92. The minimum Gasteiger partial charge on any atom is -0.490 e. The van der Waals surface area contributed by atoms with E-state index in [0.29, 0.717) is 54.0 Å². The highest BCUT2D eigenvalue weighted by Gasteiger charge is 2.18. The Morgan fingerprint density at radius 3 is 1.38 bits per heavy atom. The highest BCUT2D eigenvalue weighted by molar-refractivity contribution is 5.91. The largest absolute Gasteiger partial charge is 0.490 e. The van der Waals surface area contributed by atoms with Crippen LogP contribution in [0.25, 0.3) is 0 Å². The van der Waals surface area contributed by atoms with E-state index in [1.807, 2.05) is 12.1 Å². The van der Waals surface area contributed by atoms with Gasteiger partial charge in [-0.25, -0.2) is 4.79 Å². The van der Waals surface area contributed by atoms with Gasteiger partial charge in [0.2, 0.25) is 5.75 Å². The van der Waals surface area contributed by atoms with Crippen LogP contribution in [0, 0.1) is 0 Å². The number of carbonyl (C=O) groups excluding carboxylic acids is 1. The molecule has 0 aromatic heterocycles. The van der Waals surface area contributed by atoms with Crippen LogP contribution < -0.4 is 25.7 Å². The SMILES string of the molecule is CCCCCCCCOc1cc(COC(=O)c2cc(N)cc(N)c2)cc(OCCCCCCCC)c1OCCCCCCCC. The molecule has 0 unspecified atom stereocenters. The van der Waals surface area contributed by atoms with Gasteiger partial charge in [0.1, 0.15) is 6.61 Å². The molecule has 0 heterocycles. The van der Waals surface area contributed by atoms with Gasteiger partial charge in [-0.05, 0) is 55.2 Å². The molecule has 2 aromatic carbocycles. The van der Waals surface area contributed by atoms with E-state index in [0.717, 1.165) is 44.1 Å². The molecular weight excluding hydrogens is 564 g/mol. The van der Waals surface area contributed by atoms with E-state index in [1.54, 1.807) is 18.2 Å². The molecule has 0 aliphatic carbocycles. The van der Waals surface area contributed by atoms with Gasteiger partial charge < -0.3 is 30.4 Å². The van der Waals surface area contributed by atoms with Gasteiger partial charge in [-0.2, -0.15) is 0 Å². The second-order valence-corrected chi connectivity index (χ2v) is 12.2. The molecule has 254 valence electrons. The summed E-state index contributed by atoms with van der Waals surface area (Å²) in [5.41, 5.74) is 13.7. The highest BCUT2D eigenvalue weighted by atomic mass is 16.5. The molecule has 0 saturated carbocycles. The molecule has 0 spiro atoms.